The van der Waals surface area contributed by atoms with Crippen LogP contribution in [0.2, 0.25) is 0 Å². The lowest BCUT2D eigenvalue weighted by Gasteiger charge is -2.09. The fourth-order valence-electron chi connectivity index (χ4n) is 1.70. The second kappa shape index (κ2) is 6.70. The van der Waals surface area contributed by atoms with E-state index < -0.39 is 0 Å². The van der Waals surface area contributed by atoms with Crippen molar-refractivity contribution in [2.75, 3.05) is 17.2 Å². The highest BCUT2D eigenvalue weighted by Crippen LogP contribution is 2.17. The van der Waals surface area contributed by atoms with E-state index in [1.165, 1.54) is 0 Å². The molecule has 100 valence electrons. The second-order valence-electron chi connectivity index (χ2n) is 4.24. The van der Waals surface area contributed by atoms with Crippen molar-refractivity contribution in [3.05, 3.63) is 42.2 Å². The summed E-state index contributed by atoms with van der Waals surface area (Å²) in [4.78, 5) is 8.37. The molecule has 0 aliphatic rings. The lowest BCUT2D eigenvalue weighted by molar-refractivity contribution is 0.965. The van der Waals surface area contributed by atoms with Gasteiger partial charge in [0.2, 0.25) is 0 Å². The Bertz CT molecular complexity index is 527. The van der Waals surface area contributed by atoms with Crippen LogP contribution < -0.4 is 16.4 Å². The van der Waals surface area contributed by atoms with Crippen LogP contribution in [0, 0.1) is 0 Å². The van der Waals surface area contributed by atoms with Crippen molar-refractivity contribution in [2.24, 2.45) is 5.73 Å². The SMILES string of the molecule is CCCNc1cc(Nc2cccc(CN)c2)ncn1. The number of nitrogens with two attached hydrogens (primary N) is 1. The van der Waals surface area contributed by atoms with Gasteiger partial charge in [0.25, 0.3) is 0 Å². The normalized spacial score (nSPS) is 10.2. The Labute approximate surface area is 113 Å². The van der Waals surface area contributed by atoms with Crippen LogP contribution in [-0.2, 0) is 6.54 Å². The quantitative estimate of drug-likeness (QED) is 0.741. The van der Waals surface area contributed by atoms with Crippen molar-refractivity contribution >= 4 is 17.3 Å². The summed E-state index contributed by atoms with van der Waals surface area (Å²) in [6.45, 7) is 3.55. The lowest BCUT2D eigenvalue weighted by atomic mass is 10.2. The van der Waals surface area contributed by atoms with E-state index in [2.05, 4.69) is 27.5 Å². The topological polar surface area (TPSA) is 75.9 Å². The van der Waals surface area contributed by atoms with E-state index in [1.54, 1.807) is 6.33 Å². The van der Waals surface area contributed by atoms with Gasteiger partial charge in [0, 0.05) is 24.8 Å². The molecule has 5 nitrogen and oxygen atoms in total. The first-order chi connectivity index (χ1) is 9.31. The van der Waals surface area contributed by atoms with Gasteiger partial charge in [-0.25, -0.2) is 9.97 Å². The van der Waals surface area contributed by atoms with Crippen molar-refractivity contribution in [3.8, 4) is 0 Å². The van der Waals surface area contributed by atoms with Gasteiger partial charge in [-0.2, -0.15) is 0 Å². The zero-order valence-electron chi connectivity index (χ0n) is 11.1. The summed E-state index contributed by atoms with van der Waals surface area (Å²) in [7, 11) is 0. The van der Waals surface area contributed by atoms with Gasteiger partial charge >= 0.3 is 0 Å². The average Bonchev–Trinajstić information content (AvgIpc) is 2.46. The van der Waals surface area contributed by atoms with Gasteiger partial charge in [-0.1, -0.05) is 19.1 Å². The van der Waals surface area contributed by atoms with Gasteiger partial charge in [-0.3, -0.25) is 0 Å². The number of hydrogen-bond donors (Lipinski definition) is 3. The zero-order chi connectivity index (χ0) is 13.5. The van der Waals surface area contributed by atoms with E-state index in [0.717, 1.165) is 35.9 Å². The number of hydrogen-bond acceptors (Lipinski definition) is 5. The van der Waals surface area contributed by atoms with Crippen LogP contribution in [0.25, 0.3) is 0 Å². The first-order valence-electron chi connectivity index (χ1n) is 6.43. The van der Waals surface area contributed by atoms with Crippen LogP contribution in [0.5, 0.6) is 0 Å². The molecule has 1 aromatic heterocycles. The number of anilines is 3. The molecule has 0 fully saturated rings. The largest absolute Gasteiger partial charge is 0.370 e. The summed E-state index contributed by atoms with van der Waals surface area (Å²) >= 11 is 0. The fraction of sp³-hybridized carbons (Fsp3) is 0.286. The molecule has 0 bridgehead atoms. The molecule has 0 unspecified atom stereocenters. The molecule has 2 rings (SSSR count). The molecule has 4 N–H and O–H groups in total. The maximum Gasteiger partial charge on any atom is 0.135 e. The summed E-state index contributed by atoms with van der Waals surface area (Å²) in [6.07, 6.45) is 2.61. The van der Waals surface area contributed by atoms with Crippen LogP contribution in [0.1, 0.15) is 18.9 Å². The van der Waals surface area contributed by atoms with Crippen LogP contribution in [0.15, 0.2) is 36.7 Å². The molecule has 0 radical (unpaired) electrons. The van der Waals surface area contributed by atoms with Gasteiger partial charge in [0.15, 0.2) is 0 Å². The van der Waals surface area contributed by atoms with Gasteiger partial charge in [-0.15, -0.1) is 0 Å². The standard InChI is InChI=1S/C14H19N5/c1-2-6-16-13-8-14(18-10-17-13)19-12-5-3-4-11(7-12)9-15/h3-5,7-8,10H,2,6,9,15H2,1H3,(H2,16,17,18,19). The maximum atomic E-state index is 5.63. The van der Waals surface area contributed by atoms with E-state index >= 15 is 0 Å². The highest BCUT2D eigenvalue weighted by atomic mass is 15.1. The molecule has 1 heterocycles. The summed E-state index contributed by atoms with van der Waals surface area (Å²) < 4.78 is 0. The Balaban J connectivity index is 2.09. The maximum absolute atomic E-state index is 5.63. The molecule has 0 amide bonds. The van der Waals surface area contributed by atoms with E-state index in [0.29, 0.717) is 6.54 Å². The van der Waals surface area contributed by atoms with Crippen LogP contribution in [-0.4, -0.2) is 16.5 Å². The minimum Gasteiger partial charge on any atom is -0.370 e. The molecule has 0 atom stereocenters. The van der Waals surface area contributed by atoms with Gasteiger partial charge in [0.05, 0.1) is 0 Å². The van der Waals surface area contributed by atoms with Crippen molar-refractivity contribution in [3.63, 3.8) is 0 Å². The Morgan fingerprint density at radius 2 is 2.00 bits per heavy atom. The van der Waals surface area contributed by atoms with Crippen molar-refractivity contribution < 1.29 is 0 Å². The number of nitrogens with one attached hydrogen (secondary N) is 2. The fourth-order valence-corrected chi connectivity index (χ4v) is 1.70. The van der Waals surface area contributed by atoms with E-state index in [4.69, 9.17) is 5.73 Å². The number of aromatic nitrogens is 2. The third kappa shape index (κ3) is 3.93. The summed E-state index contributed by atoms with van der Waals surface area (Å²) in [5.41, 5.74) is 7.69. The van der Waals surface area contributed by atoms with E-state index in [-0.39, 0.29) is 0 Å². The minimum absolute atomic E-state index is 0.530. The smallest absolute Gasteiger partial charge is 0.135 e. The minimum atomic E-state index is 0.530. The van der Waals surface area contributed by atoms with Crippen LogP contribution in [0.4, 0.5) is 17.3 Å². The molecular formula is C14H19N5. The van der Waals surface area contributed by atoms with E-state index in [9.17, 15) is 0 Å². The van der Waals surface area contributed by atoms with Crippen molar-refractivity contribution in [1.29, 1.82) is 0 Å². The Morgan fingerprint density at radius 1 is 1.16 bits per heavy atom. The van der Waals surface area contributed by atoms with Gasteiger partial charge in [0.1, 0.15) is 18.0 Å². The molecule has 5 heteroatoms. The first kappa shape index (κ1) is 13.3. The predicted molar refractivity (Wildman–Crippen MR) is 78.4 cm³/mol. The summed E-state index contributed by atoms with van der Waals surface area (Å²) in [5, 5.41) is 6.48. The second-order valence-corrected chi connectivity index (χ2v) is 4.24. The molecule has 0 aliphatic carbocycles. The third-order valence-electron chi connectivity index (χ3n) is 2.66. The van der Waals surface area contributed by atoms with Crippen LogP contribution >= 0.6 is 0 Å². The number of rotatable bonds is 6. The van der Waals surface area contributed by atoms with Crippen molar-refractivity contribution in [2.45, 2.75) is 19.9 Å². The Hall–Kier alpha value is -2.14. The molecule has 0 aliphatic heterocycles. The Kier molecular flexibility index (Phi) is 4.69. The molecule has 0 saturated carbocycles. The monoisotopic (exact) mass is 257 g/mol. The molecule has 2 aromatic rings. The Morgan fingerprint density at radius 3 is 2.79 bits per heavy atom. The average molecular weight is 257 g/mol. The predicted octanol–water partition coefficient (Wildman–Crippen LogP) is 2.50. The molecule has 1 aromatic carbocycles. The number of nitrogens with zero attached hydrogens (tertiary/aromatic N) is 2. The summed E-state index contributed by atoms with van der Waals surface area (Å²) in [5.74, 6) is 1.59. The first-order valence-corrected chi connectivity index (χ1v) is 6.43. The number of benzene rings is 1. The van der Waals surface area contributed by atoms with Crippen LogP contribution in [0.3, 0.4) is 0 Å². The van der Waals surface area contributed by atoms with E-state index in [1.807, 2.05) is 30.3 Å². The molecule has 19 heavy (non-hydrogen) atoms. The molecule has 0 saturated heterocycles. The van der Waals surface area contributed by atoms with Crippen molar-refractivity contribution in [1.82, 2.24) is 9.97 Å². The van der Waals surface area contributed by atoms with Gasteiger partial charge in [-0.05, 0) is 24.1 Å². The highest BCUT2D eigenvalue weighted by Gasteiger charge is 2.00. The van der Waals surface area contributed by atoms with Gasteiger partial charge < -0.3 is 16.4 Å². The molecule has 0 spiro atoms. The zero-order valence-corrected chi connectivity index (χ0v) is 11.1. The third-order valence-corrected chi connectivity index (χ3v) is 2.66. The molecular weight excluding hydrogens is 238 g/mol. The summed E-state index contributed by atoms with van der Waals surface area (Å²) in [6, 6.07) is 9.87. The lowest BCUT2D eigenvalue weighted by Crippen LogP contribution is -2.03. The highest BCUT2D eigenvalue weighted by molar-refractivity contribution is 5.59.